The summed E-state index contributed by atoms with van der Waals surface area (Å²) >= 11 is 0. The average molecular weight is 399 g/mol. The molecule has 0 spiro atoms. The van der Waals surface area contributed by atoms with E-state index in [4.69, 9.17) is 0 Å². The highest BCUT2D eigenvalue weighted by Gasteiger charge is 2.46. The summed E-state index contributed by atoms with van der Waals surface area (Å²) in [5.41, 5.74) is 0.791. The first-order chi connectivity index (χ1) is 13.3. The van der Waals surface area contributed by atoms with Crippen LogP contribution in [-0.2, 0) is 0 Å². The molecule has 3 rings (SSSR count). The van der Waals surface area contributed by atoms with Crippen molar-refractivity contribution in [3.63, 3.8) is 0 Å². The van der Waals surface area contributed by atoms with Crippen LogP contribution in [0.5, 0.6) is 0 Å². The van der Waals surface area contributed by atoms with Crippen LogP contribution in [0.4, 0.5) is 17.6 Å². The van der Waals surface area contributed by atoms with Gasteiger partial charge in [-0.15, -0.1) is 0 Å². The van der Waals surface area contributed by atoms with Crippen molar-refractivity contribution in [3.8, 4) is 0 Å². The molecule has 0 bridgehead atoms. The summed E-state index contributed by atoms with van der Waals surface area (Å²) in [5, 5.41) is 0. The second-order valence-electron chi connectivity index (χ2n) is 9.21. The summed E-state index contributed by atoms with van der Waals surface area (Å²) in [5.74, 6) is -4.06. The summed E-state index contributed by atoms with van der Waals surface area (Å²) in [4.78, 5) is 0. The minimum Gasteiger partial charge on any atom is -0.207 e. The molecular weight excluding hydrogens is 364 g/mol. The summed E-state index contributed by atoms with van der Waals surface area (Å²) in [6.45, 7) is 3.67. The van der Waals surface area contributed by atoms with Crippen molar-refractivity contribution in [2.75, 3.05) is 0 Å². The number of rotatable bonds is 6. The number of aryl methyl sites for hydroxylation is 1. The first kappa shape index (κ1) is 21.6. The molecule has 0 aromatic heterocycles. The lowest BCUT2D eigenvalue weighted by molar-refractivity contribution is -0.115. The Hall–Kier alpha value is -1.06. The smallest absolute Gasteiger partial charge is 0.207 e. The molecule has 1 aromatic rings. The molecular formula is C24H34F4. The average Bonchev–Trinajstić information content (AvgIpc) is 2.67. The van der Waals surface area contributed by atoms with Crippen LogP contribution in [0.1, 0.15) is 94.6 Å². The van der Waals surface area contributed by atoms with Gasteiger partial charge < -0.3 is 0 Å². The van der Waals surface area contributed by atoms with Crippen molar-refractivity contribution in [2.24, 2.45) is 17.8 Å². The van der Waals surface area contributed by atoms with Gasteiger partial charge in [-0.2, -0.15) is 0 Å². The lowest BCUT2D eigenvalue weighted by atomic mass is 9.66. The van der Waals surface area contributed by atoms with Gasteiger partial charge in [-0.3, -0.25) is 0 Å². The van der Waals surface area contributed by atoms with Crippen molar-refractivity contribution in [1.82, 2.24) is 0 Å². The second-order valence-corrected chi connectivity index (χ2v) is 9.21. The number of hydrogen-bond acceptors (Lipinski definition) is 0. The maximum absolute atomic E-state index is 14.7. The van der Waals surface area contributed by atoms with Gasteiger partial charge in [0, 0.05) is 12.3 Å². The molecule has 158 valence electrons. The largest absolute Gasteiger partial charge is 0.251 e. The maximum atomic E-state index is 14.7. The lowest BCUT2D eigenvalue weighted by Crippen LogP contribution is -2.38. The fraction of sp³-hybridized carbons (Fsp3) is 0.750. The quantitative estimate of drug-likeness (QED) is 0.335. The van der Waals surface area contributed by atoms with E-state index in [0.717, 1.165) is 51.4 Å². The molecule has 0 unspecified atom stereocenters. The van der Waals surface area contributed by atoms with E-state index in [1.54, 1.807) is 19.1 Å². The minimum absolute atomic E-state index is 0.0113. The van der Waals surface area contributed by atoms with Crippen LogP contribution >= 0.6 is 0 Å². The number of halogens is 4. The predicted molar refractivity (Wildman–Crippen MR) is 106 cm³/mol. The predicted octanol–water partition coefficient (Wildman–Crippen LogP) is 8.18. The van der Waals surface area contributed by atoms with E-state index < -0.39 is 23.5 Å². The molecule has 0 nitrogen and oxygen atoms in total. The van der Waals surface area contributed by atoms with Crippen LogP contribution in [0.15, 0.2) is 12.1 Å². The number of alkyl halides is 2. The molecule has 2 aliphatic carbocycles. The standard InChI is InChI=1S/C24H34F4/c1-3-4-5-6-20-13-12-19(15-24(20,27)28)17-8-10-18(11-9-17)21-14-7-16(2)22(25)23(21)26/h7,14,17-20H,3-6,8-13,15H2,1-2H3/t17?,18?,19-,20-/m0/s1. The molecule has 2 fully saturated rings. The van der Waals surface area contributed by atoms with Gasteiger partial charge in [-0.1, -0.05) is 38.3 Å². The van der Waals surface area contributed by atoms with Crippen molar-refractivity contribution in [2.45, 2.75) is 96.3 Å². The Kier molecular flexibility index (Phi) is 7.09. The summed E-state index contributed by atoms with van der Waals surface area (Å²) in [6.07, 6.45) is 8.45. The van der Waals surface area contributed by atoms with Gasteiger partial charge in [0.25, 0.3) is 5.92 Å². The van der Waals surface area contributed by atoms with Gasteiger partial charge in [0.15, 0.2) is 11.6 Å². The second kappa shape index (κ2) is 9.17. The molecule has 2 aliphatic rings. The summed E-state index contributed by atoms with van der Waals surface area (Å²) < 4.78 is 57.6. The van der Waals surface area contributed by atoms with Gasteiger partial charge in [0.2, 0.25) is 0 Å². The van der Waals surface area contributed by atoms with E-state index in [2.05, 4.69) is 6.92 Å². The summed E-state index contributed by atoms with van der Waals surface area (Å²) in [7, 11) is 0. The van der Waals surface area contributed by atoms with Gasteiger partial charge in [0.05, 0.1) is 0 Å². The zero-order valence-electron chi connectivity index (χ0n) is 17.3. The van der Waals surface area contributed by atoms with Crippen LogP contribution in [-0.4, -0.2) is 5.92 Å². The first-order valence-corrected chi connectivity index (χ1v) is 11.2. The van der Waals surface area contributed by atoms with Crippen LogP contribution in [0, 0.1) is 36.3 Å². The zero-order valence-corrected chi connectivity index (χ0v) is 17.3. The molecule has 0 N–H and O–H groups in total. The fourth-order valence-electron chi connectivity index (χ4n) is 5.52. The number of unbranched alkanes of at least 4 members (excludes halogenated alkanes) is 2. The third-order valence-corrected chi connectivity index (χ3v) is 7.36. The Bertz CT molecular complexity index is 646. The third kappa shape index (κ3) is 4.74. The molecule has 28 heavy (non-hydrogen) atoms. The third-order valence-electron chi connectivity index (χ3n) is 7.36. The highest BCUT2D eigenvalue weighted by Crippen LogP contribution is 2.50. The van der Waals surface area contributed by atoms with E-state index in [9.17, 15) is 17.6 Å². The van der Waals surface area contributed by atoms with Crippen LogP contribution in [0.25, 0.3) is 0 Å². The zero-order chi connectivity index (χ0) is 20.3. The SMILES string of the molecule is CCCCC[C@H]1CC[C@H](C2CCC(c3ccc(C)c(F)c3F)CC2)CC1(F)F. The van der Waals surface area contributed by atoms with Crippen molar-refractivity contribution in [1.29, 1.82) is 0 Å². The monoisotopic (exact) mass is 398 g/mol. The normalized spacial score (nSPS) is 30.4. The van der Waals surface area contributed by atoms with Crippen molar-refractivity contribution >= 4 is 0 Å². The van der Waals surface area contributed by atoms with Gasteiger partial charge in [0.1, 0.15) is 0 Å². The van der Waals surface area contributed by atoms with Crippen LogP contribution < -0.4 is 0 Å². The van der Waals surface area contributed by atoms with E-state index in [0.29, 0.717) is 29.9 Å². The molecule has 1 aromatic carbocycles. The van der Waals surface area contributed by atoms with Gasteiger partial charge >= 0.3 is 0 Å². The molecule has 4 heteroatoms. The van der Waals surface area contributed by atoms with Crippen LogP contribution in [0.3, 0.4) is 0 Å². The van der Waals surface area contributed by atoms with Gasteiger partial charge in [-0.25, -0.2) is 17.6 Å². The van der Waals surface area contributed by atoms with E-state index in [-0.39, 0.29) is 18.3 Å². The Labute approximate surface area is 167 Å². The van der Waals surface area contributed by atoms with Crippen molar-refractivity contribution < 1.29 is 17.6 Å². The Morgan fingerprint density at radius 2 is 1.57 bits per heavy atom. The summed E-state index contributed by atoms with van der Waals surface area (Å²) in [6, 6.07) is 3.34. The molecule has 2 atom stereocenters. The number of hydrogen-bond donors (Lipinski definition) is 0. The van der Waals surface area contributed by atoms with E-state index >= 15 is 0 Å². The maximum Gasteiger partial charge on any atom is 0.251 e. The minimum atomic E-state index is -2.54. The highest BCUT2D eigenvalue weighted by atomic mass is 19.3. The first-order valence-electron chi connectivity index (χ1n) is 11.2. The fourth-order valence-corrected chi connectivity index (χ4v) is 5.52. The topological polar surface area (TPSA) is 0 Å². The Morgan fingerprint density at radius 3 is 2.21 bits per heavy atom. The molecule has 0 heterocycles. The van der Waals surface area contributed by atoms with Gasteiger partial charge in [-0.05, 0) is 80.8 Å². The van der Waals surface area contributed by atoms with Crippen molar-refractivity contribution in [3.05, 3.63) is 34.9 Å². The van der Waals surface area contributed by atoms with E-state index in [1.165, 1.54) is 0 Å². The Morgan fingerprint density at radius 1 is 0.893 bits per heavy atom. The molecule has 0 radical (unpaired) electrons. The van der Waals surface area contributed by atoms with E-state index in [1.807, 2.05) is 0 Å². The molecule has 0 saturated heterocycles. The molecule has 0 amide bonds. The van der Waals surface area contributed by atoms with Crippen LogP contribution in [0.2, 0.25) is 0 Å². The molecule has 2 saturated carbocycles. The molecule has 0 aliphatic heterocycles. The Balaban J connectivity index is 1.55. The lowest BCUT2D eigenvalue weighted by Gasteiger charge is -2.41. The number of benzene rings is 1. The highest BCUT2D eigenvalue weighted by molar-refractivity contribution is 5.28.